The standard InChI is InChI=1S/C10H16IN3O/c11-10-6-13-14(7-10)3-2-12-5-9-1-4-15-8-9/h6-7,9,12H,1-5,8H2. The summed E-state index contributed by atoms with van der Waals surface area (Å²) in [4.78, 5) is 0. The molecule has 15 heavy (non-hydrogen) atoms. The summed E-state index contributed by atoms with van der Waals surface area (Å²) in [5.74, 6) is 0.711. The first-order valence-corrected chi connectivity index (χ1v) is 6.39. The molecule has 0 spiro atoms. The maximum atomic E-state index is 5.32. The van der Waals surface area contributed by atoms with Crippen LogP contribution in [-0.4, -0.2) is 36.1 Å². The van der Waals surface area contributed by atoms with E-state index in [9.17, 15) is 0 Å². The average molecular weight is 321 g/mol. The molecular formula is C10H16IN3O. The number of rotatable bonds is 5. The van der Waals surface area contributed by atoms with Crippen LogP contribution in [0.5, 0.6) is 0 Å². The molecule has 1 atom stereocenters. The van der Waals surface area contributed by atoms with E-state index in [4.69, 9.17) is 4.74 Å². The molecule has 1 saturated heterocycles. The second kappa shape index (κ2) is 5.81. The molecule has 1 aromatic rings. The van der Waals surface area contributed by atoms with Crippen LogP contribution in [0.1, 0.15) is 6.42 Å². The van der Waals surface area contributed by atoms with E-state index >= 15 is 0 Å². The molecule has 1 unspecified atom stereocenters. The predicted octanol–water partition coefficient (Wildman–Crippen LogP) is 1.11. The van der Waals surface area contributed by atoms with Crippen molar-refractivity contribution in [2.75, 3.05) is 26.3 Å². The third kappa shape index (κ3) is 3.73. The Morgan fingerprint density at radius 1 is 1.67 bits per heavy atom. The number of hydrogen-bond donors (Lipinski definition) is 1. The van der Waals surface area contributed by atoms with Crippen molar-refractivity contribution in [1.82, 2.24) is 15.1 Å². The molecule has 1 aliphatic heterocycles. The lowest BCUT2D eigenvalue weighted by Crippen LogP contribution is -2.26. The van der Waals surface area contributed by atoms with E-state index in [2.05, 4.69) is 39.2 Å². The van der Waals surface area contributed by atoms with Crippen molar-refractivity contribution in [2.24, 2.45) is 5.92 Å². The Balaban J connectivity index is 1.58. The number of ether oxygens (including phenoxy) is 1. The van der Waals surface area contributed by atoms with Gasteiger partial charge in [-0.2, -0.15) is 5.10 Å². The van der Waals surface area contributed by atoms with Gasteiger partial charge in [-0.3, -0.25) is 4.68 Å². The first kappa shape index (κ1) is 11.3. The fraction of sp³-hybridized carbons (Fsp3) is 0.700. The van der Waals surface area contributed by atoms with Crippen LogP contribution in [0.3, 0.4) is 0 Å². The molecule has 2 rings (SSSR count). The van der Waals surface area contributed by atoms with E-state index < -0.39 is 0 Å². The molecule has 1 fully saturated rings. The molecule has 0 saturated carbocycles. The highest BCUT2D eigenvalue weighted by atomic mass is 127. The van der Waals surface area contributed by atoms with Crippen molar-refractivity contribution >= 4 is 22.6 Å². The lowest BCUT2D eigenvalue weighted by Gasteiger charge is -2.08. The smallest absolute Gasteiger partial charge is 0.0623 e. The van der Waals surface area contributed by atoms with Gasteiger partial charge in [-0.05, 0) is 34.9 Å². The van der Waals surface area contributed by atoms with Gasteiger partial charge >= 0.3 is 0 Å². The van der Waals surface area contributed by atoms with Crippen molar-refractivity contribution in [1.29, 1.82) is 0 Å². The van der Waals surface area contributed by atoms with E-state index in [1.807, 2.05) is 10.9 Å². The van der Waals surface area contributed by atoms with Crippen LogP contribution in [0, 0.1) is 9.49 Å². The summed E-state index contributed by atoms with van der Waals surface area (Å²) in [6, 6.07) is 0. The molecule has 4 nitrogen and oxygen atoms in total. The number of nitrogens with zero attached hydrogens (tertiary/aromatic N) is 2. The fourth-order valence-electron chi connectivity index (χ4n) is 1.70. The van der Waals surface area contributed by atoms with Crippen molar-refractivity contribution in [3.63, 3.8) is 0 Å². The maximum Gasteiger partial charge on any atom is 0.0623 e. The van der Waals surface area contributed by atoms with Gasteiger partial charge in [-0.15, -0.1) is 0 Å². The van der Waals surface area contributed by atoms with E-state index in [1.165, 1.54) is 9.99 Å². The number of aromatic nitrogens is 2. The van der Waals surface area contributed by atoms with Gasteiger partial charge in [-0.1, -0.05) is 0 Å². The van der Waals surface area contributed by atoms with E-state index in [1.54, 1.807) is 0 Å². The second-order valence-corrected chi connectivity index (χ2v) is 5.10. The zero-order chi connectivity index (χ0) is 10.5. The molecule has 0 bridgehead atoms. The van der Waals surface area contributed by atoms with Crippen LogP contribution in [0.15, 0.2) is 12.4 Å². The van der Waals surface area contributed by atoms with Crippen LogP contribution in [-0.2, 0) is 11.3 Å². The van der Waals surface area contributed by atoms with Crippen LogP contribution in [0.2, 0.25) is 0 Å². The first-order valence-electron chi connectivity index (χ1n) is 5.31. The molecular weight excluding hydrogens is 305 g/mol. The highest BCUT2D eigenvalue weighted by Crippen LogP contribution is 2.10. The lowest BCUT2D eigenvalue weighted by molar-refractivity contribution is 0.185. The molecule has 1 aromatic heterocycles. The monoisotopic (exact) mass is 321 g/mol. The zero-order valence-corrected chi connectivity index (χ0v) is 10.8. The zero-order valence-electron chi connectivity index (χ0n) is 8.66. The molecule has 84 valence electrons. The Kier molecular flexibility index (Phi) is 4.40. The number of halogens is 1. The van der Waals surface area contributed by atoms with Crippen molar-refractivity contribution < 1.29 is 4.74 Å². The highest BCUT2D eigenvalue weighted by Gasteiger charge is 2.14. The van der Waals surface area contributed by atoms with Crippen molar-refractivity contribution in [3.05, 3.63) is 16.0 Å². The van der Waals surface area contributed by atoms with Gasteiger partial charge in [0.1, 0.15) is 0 Å². The summed E-state index contributed by atoms with van der Waals surface area (Å²) in [5, 5.41) is 7.67. The first-order chi connectivity index (χ1) is 7.34. The Morgan fingerprint density at radius 2 is 2.60 bits per heavy atom. The van der Waals surface area contributed by atoms with Gasteiger partial charge in [-0.25, -0.2) is 0 Å². The molecule has 1 aliphatic rings. The maximum absolute atomic E-state index is 5.32. The summed E-state index contributed by atoms with van der Waals surface area (Å²) in [5.41, 5.74) is 0. The molecule has 1 N–H and O–H groups in total. The topological polar surface area (TPSA) is 39.1 Å². The minimum Gasteiger partial charge on any atom is -0.381 e. The van der Waals surface area contributed by atoms with Gasteiger partial charge in [0.2, 0.25) is 0 Å². The van der Waals surface area contributed by atoms with Gasteiger partial charge in [0.05, 0.1) is 22.9 Å². The molecule has 0 amide bonds. The Hall–Kier alpha value is -0.140. The van der Waals surface area contributed by atoms with E-state index in [0.717, 1.165) is 32.8 Å². The third-order valence-corrected chi connectivity index (χ3v) is 3.13. The van der Waals surface area contributed by atoms with Crippen LogP contribution in [0.25, 0.3) is 0 Å². The predicted molar refractivity (Wildman–Crippen MR) is 66.7 cm³/mol. The molecule has 0 radical (unpaired) electrons. The SMILES string of the molecule is Ic1cnn(CCNCC2CCOC2)c1. The van der Waals surface area contributed by atoms with E-state index in [-0.39, 0.29) is 0 Å². The second-order valence-electron chi connectivity index (χ2n) is 3.86. The van der Waals surface area contributed by atoms with Crippen LogP contribution < -0.4 is 5.32 Å². The highest BCUT2D eigenvalue weighted by molar-refractivity contribution is 14.1. The molecule has 5 heteroatoms. The molecule has 0 aromatic carbocycles. The fourth-order valence-corrected chi connectivity index (χ4v) is 2.15. The van der Waals surface area contributed by atoms with Gasteiger partial charge in [0.25, 0.3) is 0 Å². The van der Waals surface area contributed by atoms with Gasteiger partial charge < -0.3 is 10.1 Å². The minimum atomic E-state index is 0.711. The van der Waals surface area contributed by atoms with Gasteiger partial charge in [0.15, 0.2) is 0 Å². The van der Waals surface area contributed by atoms with E-state index in [0.29, 0.717) is 5.92 Å². The minimum absolute atomic E-state index is 0.711. The summed E-state index contributed by atoms with van der Waals surface area (Å²) in [7, 11) is 0. The third-order valence-electron chi connectivity index (χ3n) is 2.58. The number of hydrogen-bond acceptors (Lipinski definition) is 3. The summed E-state index contributed by atoms with van der Waals surface area (Å²) >= 11 is 2.27. The normalized spacial score (nSPS) is 21.0. The summed E-state index contributed by atoms with van der Waals surface area (Å²) in [6.07, 6.45) is 5.14. The van der Waals surface area contributed by atoms with Crippen LogP contribution >= 0.6 is 22.6 Å². The largest absolute Gasteiger partial charge is 0.381 e. The molecule has 2 heterocycles. The Labute approximate surface area is 104 Å². The van der Waals surface area contributed by atoms with Crippen molar-refractivity contribution in [2.45, 2.75) is 13.0 Å². The van der Waals surface area contributed by atoms with Crippen LogP contribution in [0.4, 0.5) is 0 Å². The Morgan fingerprint density at radius 3 is 3.27 bits per heavy atom. The number of nitrogens with one attached hydrogen (secondary N) is 1. The molecule has 0 aliphatic carbocycles. The van der Waals surface area contributed by atoms with Crippen molar-refractivity contribution in [3.8, 4) is 0 Å². The lowest BCUT2D eigenvalue weighted by atomic mass is 10.1. The summed E-state index contributed by atoms with van der Waals surface area (Å²) in [6.45, 7) is 4.85. The Bertz CT molecular complexity index is 297. The average Bonchev–Trinajstić information content (AvgIpc) is 2.84. The summed E-state index contributed by atoms with van der Waals surface area (Å²) < 4.78 is 8.48. The quantitative estimate of drug-likeness (QED) is 0.652. The van der Waals surface area contributed by atoms with Gasteiger partial charge in [0, 0.05) is 25.9 Å².